The Labute approximate surface area is 185 Å². The number of thiazole rings is 1. The predicted molar refractivity (Wildman–Crippen MR) is 123 cm³/mol. The number of carbonyl (C=O) groups is 1. The van der Waals surface area contributed by atoms with Crippen molar-refractivity contribution in [2.45, 2.75) is 32.4 Å². The van der Waals surface area contributed by atoms with Crippen LogP contribution in [0.3, 0.4) is 0 Å². The number of aromatic nitrogens is 1. The SMILES string of the molecule is Cc1nc(-c2ccc(Cl)cc2)sc1CNC1CCCN(c2cccc(C(=O)O)c2)C1. The number of aromatic carboxylic acids is 1. The number of anilines is 1. The second kappa shape index (κ2) is 9.16. The van der Waals surface area contributed by atoms with E-state index in [-0.39, 0.29) is 0 Å². The first-order valence-corrected chi connectivity index (χ1v) is 11.2. The summed E-state index contributed by atoms with van der Waals surface area (Å²) in [6, 6.07) is 15.3. The average molecular weight is 442 g/mol. The molecule has 7 heteroatoms. The van der Waals surface area contributed by atoms with Crippen LogP contribution in [0.15, 0.2) is 48.5 Å². The van der Waals surface area contributed by atoms with E-state index in [4.69, 9.17) is 16.6 Å². The molecule has 0 amide bonds. The Morgan fingerprint density at radius 1 is 1.30 bits per heavy atom. The molecular formula is C23H24ClN3O2S. The Bertz CT molecular complexity index is 1040. The van der Waals surface area contributed by atoms with Gasteiger partial charge in [-0.25, -0.2) is 9.78 Å². The van der Waals surface area contributed by atoms with Gasteiger partial charge < -0.3 is 15.3 Å². The zero-order valence-electron chi connectivity index (χ0n) is 16.8. The molecule has 0 spiro atoms. The van der Waals surface area contributed by atoms with Gasteiger partial charge in [0.25, 0.3) is 0 Å². The number of piperidine rings is 1. The van der Waals surface area contributed by atoms with E-state index in [0.29, 0.717) is 11.6 Å². The van der Waals surface area contributed by atoms with Crippen LogP contribution >= 0.6 is 22.9 Å². The number of halogens is 1. The fraction of sp³-hybridized carbons (Fsp3) is 0.304. The molecule has 1 atom stereocenters. The maximum absolute atomic E-state index is 11.3. The van der Waals surface area contributed by atoms with Gasteiger partial charge in [0.05, 0.1) is 11.3 Å². The standard InChI is InChI=1S/C23H24ClN3O2S/c1-15-21(30-22(26-15)16-7-9-18(24)10-8-16)13-25-19-5-3-11-27(14-19)20-6-2-4-17(12-20)23(28)29/h2,4,6-10,12,19,25H,3,5,11,13-14H2,1H3,(H,28,29). The second-order valence-corrected chi connectivity index (χ2v) is 9.08. The molecule has 156 valence electrons. The number of carboxylic acids is 1. The first-order chi connectivity index (χ1) is 14.5. The highest BCUT2D eigenvalue weighted by atomic mass is 35.5. The summed E-state index contributed by atoms with van der Waals surface area (Å²) in [6.45, 7) is 4.65. The van der Waals surface area contributed by atoms with Crippen LogP contribution in [0.5, 0.6) is 0 Å². The summed E-state index contributed by atoms with van der Waals surface area (Å²) in [4.78, 5) is 19.5. The van der Waals surface area contributed by atoms with Gasteiger partial charge in [-0.1, -0.05) is 29.8 Å². The van der Waals surface area contributed by atoms with Crippen LogP contribution in [-0.2, 0) is 6.54 Å². The third-order valence-electron chi connectivity index (χ3n) is 5.41. The van der Waals surface area contributed by atoms with Crippen LogP contribution in [0.2, 0.25) is 5.02 Å². The highest BCUT2D eigenvalue weighted by Crippen LogP contribution is 2.29. The second-order valence-electron chi connectivity index (χ2n) is 7.56. The van der Waals surface area contributed by atoms with Gasteiger partial charge >= 0.3 is 5.97 Å². The monoisotopic (exact) mass is 441 g/mol. The summed E-state index contributed by atoms with van der Waals surface area (Å²) in [7, 11) is 0. The molecule has 1 fully saturated rings. The fourth-order valence-electron chi connectivity index (χ4n) is 3.76. The molecule has 1 aliphatic heterocycles. The lowest BCUT2D eigenvalue weighted by atomic mass is 10.0. The molecule has 0 radical (unpaired) electrons. The highest BCUT2D eigenvalue weighted by molar-refractivity contribution is 7.15. The highest BCUT2D eigenvalue weighted by Gasteiger charge is 2.21. The summed E-state index contributed by atoms with van der Waals surface area (Å²) in [6.07, 6.45) is 2.18. The summed E-state index contributed by atoms with van der Waals surface area (Å²) < 4.78 is 0. The van der Waals surface area contributed by atoms with Crippen LogP contribution in [0.25, 0.3) is 10.6 Å². The molecule has 2 heterocycles. The van der Waals surface area contributed by atoms with Crippen LogP contribution in [0.1, 0.15) is 33.8 Å². The van der Waals surface area contributed by atoms with E-state index in [1.165, 1.54) is 4.88 Å². The van der Waals surface area contributed by atoms with E-state index in [2.05, 4.69) is 17.1 Å². The van der Waals surface area contributed by atoms with E-state index >= 15 is 0 Å². The largest absolute Gasteiger partial charge is 0.478 e. The molecule has 0 aliphatic carbocycles. The molecule has 1 aliphatic rings. The molecule has 3 aromatic rings. The summed E-state index contributed by atoms with van der Waals surface area (Å²) in [5.41, 5.74) is 3.44. The Morgan fingerprint density at radius 2 is 2.10 bits per heavy atom. The van der Waals surface area contributed by atoms with Gasteiger partial charge in [-0.2, -0.15) is 0 Å². The van der Waals surface area contributed by atoms with Gasteiger partial charge in [0.2, 0.25) is 0 Å². The first-order valence-electron chi connectivity index (χ1n) is 10.0. The first kappa shape index (κ1) is 20.8. The summed E-state index contributed by atoms with van der Waals surface area (Å²) in [5, 5.41) is 14.7. The third-order valence-corrected chi connectivity index (χ3v) is 6.87. The Kier molecular flexibility index (Phi) is 6.37. The molecule has 2 aromatic carbocycles. The zero-order valence-corrected chi connectivity index (χ0v) is 18.3. The van der Waals surface area contributed by atoms with Gasteiger partial charge in [-0.15, -0.1) is 11.3 Å². The number of aryl methyl sites for hydroxylation is 1. The van der Waals surface area contributed by atoms with Crippen molar-refractivity contribution in [2.75, 3.05) is 18.0 Å². The van der Waals surface area contributed by atoms with E-state index < -0.39 is 5.97 Å². The van der Waals surface area contributed by atoms with Gasteiger partial charge in [-0.3, -0.25) is 0 Å². The van der Waals surface area contributed by atoms with E-state index in [1.807, 2.05) is 36.4 Å². The van der Waals surface area contributed by atoms with Gasteiger partial charge in [0, 0.05) is 46.8 Å². The quantitative estimate of drug-likeness (QED) is 0.548. The molecule has 0 saturated carbocycles. The van der Waals surface area contributed by atoms with Crippen LogP contribution in [0.4, 0.5) is 5.69 Å². The van der Waals surface area contributed by atoms with E-state index in [1.54, 1.807) is 23.5 Å². The Balaban J connectivity index is 1.40. The minimum atomic E-state index is -0.888. The molecular weight excluding hydrogens is 418 g/mol. The van der Waals surface area contributed by atoms with Crippen molar-refractivity contribution in [3.63, 3.8) is 0 Å². The number of nitrogens with zero attached hydrogens (tertiary/aromatic N) is 2. The van der Waals surface area contributed by atoms with Crippen molar-refractivity contribution in [3.8, 4) is 10.6 Å². The lowest BCUT2D eigenvalue weighted by Gasteiger charge is -2.35. The molecule has 30 heavy (non-hydrogen) atoms. The summed E-state index contributed by atoms with van der Waals surface area (Å²) in [5.74, 6) is -0.888. The molecule has 2 N–H and O–H groups in total. The topological polar surface area (TPSA) is 65.5 Å². The van der Waals surface area contributed by atoms with Crippen molar-refractivity contribution in [2.24, 2.45) is 0 Å². The predicted octanol–water partition coefficient (Wildman–Crippen LogP) is 5.23. The van der Waals surface area contributed by atoms with Crippen molar-refractivity contribution < 1.29 is 9.90 Å². The maximum atomic E-state index is 11.3. The number of nitrogens with one attached hydrogen (secondary N) is 1. The lowest BCUT2D eigenvalue weighted by molar-refractivity contribution is 0.0697. The lowest BCUT2D eigenvalue weighted by Crippen LogP contribution is -2.45. The number of benzene rings is 2. The molecule has 1 saturated heterocycles. The molecule has 1 unspecified atom stereocenters. The number of carboxylic acid groups (broad SMARTS) is 1. The molecule has 5 nitrogen and oxygen atoms in total. The van der Waals surface area contributed by atoms with Crippen LogP contribution in [-0.4, -0.2) is 35.2 Å². The fourth-order valence-corrected chi connectivity index (χ4v) is 4.90. The molecule has 0 bridgehead atoms. The summed E-state index contributed by atoms with van der Waals surface area (Å²) >= 11 is 7.71. The smallest absolute Gasteiger partial charge is 0.335 e. The maximum Gasteiger partial charge on any atom is 0.335 e. The van der Waals surface area contributed by atoms with E-state index in [9.17, 15) is 9.90 Å². The minimum absolute atomic E-state index is 0.331. The molecule has 1 aromatic heterocycles. The zero-order chi connectivity index (χ0) is 21.1. The minimum Gasteiger partial charge on any atom is -0.478 e. The van der Waals surface area contributed by atoms with Crippen molar-refractivity contribution in [3.05, 3.63) is 69.7 Å². The van der Waals surface area contributed by atoms with Crippen molar-refractivity contribution in [1.29, 1.82) is 0 Å². The van der Waals surface area contributed by atoms with Crippen molar-refractivity contribution in [1.82, 2.24) is 10.3 Å². The van der Waals surface area contributed by atoms with Gasteiger partial charge in [-0.05, 0) is 50.1 Å². The van der Waals surface area contributed by atoms with E-state index in [0.717, 1.165) is 59.5 Å². The molecule has 4 rings (SSSR count). The average Bonchev–Trinajstić information content (AvgIpc) is 3.13. The normalized spacial score (nSPS) is 16.6. The van der Waals surface area contributed by atoms with Crippen LogP contribution < -0.4 is 10.2 Å². The number of hydrogen-bond acceptors (Lipinski definition) is 5. The van der Waals surface area contributed by atoms with Crippen molar-refractivity contribution >= 4 is 34.6 Å². The van der Waals surface area contributed by atoms with Crippen LogP contribution in [0, 0.1) is 6.92 Å². The third kappa shape index (κ3) is 4.83. The number of hydrogen-bond donors (Lipinski definition) is 2. The van der Waals surface area contributed by atoms with Gasteiger partial charge in [0.1, 0.15) is 5.01 Å². The van der Waals surface area contributed by atoms with Gasteiger partial charge in [0.15, 0.2) is 0 Å². The Morgan fingerprint density at radius 3 is 2.87 bits per heavy atom. The Hall–Kier alpha value is -2.41. The number of rotatable bonds is 6.